The van der Waals surface area contributed by atoms with Crippen molar-refractivity contribution in [2.45, 2.75) is 25.4 Å². The molecule has 0 aliphatic heterocycles. The molecule has 4 nitrogen and oxygen atoms in total. The van der Waals surface area contributed by atoms with Crippen LogP contribution in [0.25, 0.3) is 0 Å². The molecule has 3 atom stereocenters. The molecule has 1 aliphatic carbocycles. The highest BCUT2D eigenvalue weighted by atomic mass is 32.2. The van der Waals surface area contributed by atoms with Crippen LogP contribution in [0.3, 0.4) is 0 Å². The summed E-state index contributed by atoms with van der Waals surface area (Å²) in [5, 5.41) is 9.18. The molecule has 1 rings (SSSR count). The van der Waals surface area contributed by atoms with Gasteiger partial charge in [-0.15, -0.1) is 0 Å². The third-order valence-electron chi connectivity index (χ3n) is 2.16. The van der Waals surface area contributed by atoms with Crippen molar-refractivity contribution in [2.24, 2.45) is 5.92 Å². The number of rotatable bonds is 3. The summed E-state index contributed by atoms with van der Waals surface area (Å²) < 4.78 is 20.7. The van der Waals surface area contributed by atoms with Crippen LogP contribution in [0.5, 0.6) is 0 Å². The largest absolute Gasteiger partial charge is 0.393 e. The van der Waals surface area contributed by atoms with E-state index in [1.165, 1.54) is 6.26 Å². The topological polar surface area (TPSA) is 73.2 Å². The van der Waals surface area contributed by atoms with Crippen LogP contribution in [-0.2, 0) is 9.92 Å². The minimum atomic E-state index is -2.56. The van der Waals surface area contributed by atoms with E-state index in [0.717, 1.165) is 19.3 Å². The van der Waals surface area contributed by atoms with Crippen LogP contribution in [0, 0.1) is 10.7 Å². The molecular formula is C7H16N2O2S. The van der Waals surface area contributed by atoms with E-state index in [1.54, 1.807) is 0 Å². The van der Waals surface area contributed by atoms with Gasteiger partial charge in [0.2, 0.25) is 0 Å². The van der Waals surface area contributed by atoms with Gasteiger partial charge in [-0.25, -0.2) is 13.7 Å². The first-order valence-corrected chi connectivity index (χ1v) is 6.10. The van der Waals surface area contributed by atoms with Gasteiger partial charge in [0.05, 0.1) is 6.10 Å². The highest BCUT2D eigenvalue weighted by Gasteiger charge is 2.22. The van der Waals surface area contributed by atoms with Crippen molar-refractivity contribution < 1.29 is 9.32 Å². The Balaban J connectivity index is 2.25. The molecule has 0 amide bonds. The third-order valence-corrected chi connectivity index (χ3v) is 2.88. The summed E-state index contributed by atoms with van der Waals surface area (Å²) in [6.07, 6.45) is 3.79. The molecule has 1 fully saturated rings. The zero-order chi connectivity index (χ0) is 9.19. The van der Waals surface area contributed by atoms with Gasteiger partial charge in [0.15, 0.2) is 0 Å². The predicted molar refractivity (Wildman–Crippen MR) is 48.1 cm³/mol. The van der Waals surface area contributed by atoms with Gasteiger partial charge in [-0.2, -0.15) is 0 Å². The molecule has 0 aromatic heterocycles. The lowest BCUT2D eigenvalue weighted by atomic mass is 10.1. The number of aliphatic hydroxyl groups is 1. The van der Waals surface area contributed by atoms with Crippen molar-refractivity contribution in [1.29, 1.82) is 4.78 Å². The molecule has 0 saturated heterocycles. The summed E-state index contributed by atoms with van der Waals surface area (Å²) in [6.45, 7) is 0.593. The smallest absolute Gasteiger partial charge is 0.102 e. The van der Waals surface area contributed by atoms with Gasteiger partial charge in [0.1, 0.15) is 9.92 Å². The second-order valence-corrected chi connectivity index (χ2v) is 5.50. The van der Waals surface area contributed by atoms with Crippen LogP contribution in [-0.4, -0.2) is 28.2 Å². The second kappa shape index (κ2) is 3.72. The van der Waals surface area contributed by atoms with E-state index >= 15 is 0 Å². The molecule has 5 heteroatoms. The maximum atomic E-state index is 10.9. The van der Waals surface area contributed by atoms with Crippen LogP contribution < -0.4 is 4.72 Å². The first-order chi connectivity index (χ1) is 5.47. The number of hydrogen-bond donors (Lipinski definition) is 3. The zero-order valence-corrected chi connectivity index (χ0v) is 8.06. The fourth-order valence-corrected chi connectivity index (χ4v) is 2.06. The monoisotopic (exact) mass is 192 g/mol. The SMILES string of the molecule is CS(=N)(=O)NCC1CCC(O)C1. The Bertz CT molecular complexity index is 238. The fraction of sp³-hybridized carbons (Fsp3) is 1.00. The first kappa shape index (κ1) is 9.95. The van der Waals surface area contributed by atoms with Crippen molar-refractivity contribution in [3.05, 3.63) is 0 Å². The Hall–Kier alpha value is -0.130. The summed E-state index contributed by atoms with van der Waals surface area (Å²) in [4.78, 5) is 0. The minimum absolute atomic E-state index is 0.185. The Kier molecular flexibility index (Phi) is 3.09. The molecule has 0 aromatic carbocycles. The summed E-state index contributed by atoms with van der Waals surface area (Å²) in [6, 6.07) is 0. The molecule has 12 heavy (non-hydrogen) atoms. The van der Waals surface area contributed by atoms with E-state index < -0.39 is 9.92 Å². The van der Waals surface area contributed by atoms with Crippen molar-refractivity contribution in [1.82, 2.24) is 4.72 Å². The maximum absolute atomic E-state index is 10.9. The number of aliphatic hydroxyl groups excluding tert-OH is 1. The molecule has 0 radical (unpaired) electrons. The van der Waals surface area contributed by atoms with Crippen LogP contribution in [0.15, 0.2) is 0 Å². The van der Waals surface area contributed by atoms with E-state index in [9.17, 15) is 9.32 Å². The van der Waals surface area contributed by atoms with Crippen molar-refractivity contribution in [3.8, 4) is 0 Å². The Morgan fingerprint density at radius 1 is 1.67 bits per heavy atom. The van der Waals surface area contributed by atoms with E-state index in [1.807, 2.05) is 0 Å². The average Bonchev–Trinajstić information content (AvgIpc) is 2.30. The molecule has 0 bridgehead atoms. The molecule has 72 valence electrons. The van der Waals surface area contributed by atoms with E-state index in [0.29, 0.717) is 12.5 Å². The van der Waals surface area contributed by atoms with Crippen molar-refractivity contribution in [2.75, 3.05) is 12.8 Å². The van der Waals surface area contributed by atoms with Gasteiger partial charge >= 0.3 is 0 Å². The van der Waals surface area contributed by atoms with Gasteiger partial charge in [-0.3, -0.25) is 0 Å². The molecule has 3 unspecified atom stereocenters. The number of nitrogens with one attached hydrogen (secondary N) is 2. The van der Waals surface area contributed by atoms with Gasteiger partial charge in [-0.1, -0.05) is 0 Å². The lowest BCUT2D eigenvalue weighted by Gasteiger charge is -2.10. The van der Waals surface area contributed by atoms with Crippen LogP contribution in [0.2, 0.25) is 0 Å². The standard InChI is InChI=1S/C7H16N2O2S/c1-12(8,11)9-5-6-2-3-7(10)4-6/h6-7,10H,2-5H2,1H3,(H2,8,9,11). The van der Waals surface area contributed by atoms with Gasteiger partial charge in [0, 0.05) is 12.8 Å². The van der Waals surface area contributed by atoms with Crippen LogP contribution in [0.4, 0.5) is 0 Å². The van der Waals surface area contributed by atoms with Crippen LogP contribution in [0.1, 0.15) is 19.3 Å². The normalized spacial score (nSPS) is 34.8. The summed E-state index contributed by atoms with van der Waals surface area (Å²) in [7, 11) is -2.56. The summed E-state index contributed by atoms with van der Waals surface area (Å²) in [5.74, 6) is 0.395. The summed E-state index contributed by atoms with van der Waals surface area (Å²) >= 11 is 0. The van der Waals surface area contributed by atoms with Gasteiger partial charge in [0.25, 0.3) is 0 Å². The average molecular weight is 192 g/mol. The molecular weight excluding hydrogens is 176 g/mol. The van der Waals surface area contributed by atoms with E-state index in [2.05, 4.69) is 4.72 Å². The third kappa shape index (κ3) is 3.51. The quantitative estimate of drug-likeness (QED) is 0.603. The van der Waals surface area contributed by atoms with E-state index in [4.69, 9.17) is 4.78 Å². The zero-order valence-electron chi connectivity index (χ0n) is 7.25. The minimum Gasteiger partial charge on any atom is -0.393 e. The van der Waals surface area contributed by atoms with Crippen molar-refractivity contribution in [3.63, 3.8) is 0 Å². The number of hydrogen-bond acceptors (Lipinski definition) is 3. The van der Waals surface area contributed by atoms with Crippen LogP contribution >= 0.6 is 0 Å². The highest BCUT2D eigenvalue weighted by molar-refractivity contribution is 7.89. The molecule has 0 aromatic rings. The van der Waals surface area contributed by atoms with E-state index in [-0.39, 0.29) is 6.10 Å². The molecule has 1 aliphatic rings. The Labute approximate surface area is 73.5 Å². The summed E-state index contributed by atoms with van der Waals surface area (Å²) in [5.41, 5.74) is 0. The Morgan fingerprint density at radius 2 is 2.33 bits per heavy atom. The first-order valence-electron chi connectivity index (χ1n) is 4.14. The molecule has 1 saturated carbocycles. The predicted octanol–water partition coefficient (Wildman–Crippen LogP) is 0.329. The maximum Gasteiger partial charge on any atom is 0.102 e. The lowest BCUT2D eigenvalue weighted by molar-refractivity contribution is 0.178. The van der Waals surface area contributed by atoms with Gasteiger partial charge in [-0.05, 0) is 25.2 Å². The van der Waals surface area contributed by atoms with Crippen molar-refractivity contribution >= 4 is 9.92 Å². The molecule has 0 spiro atoms. The highest BCUT2D eigenvalue weighted by Crippen LogP contribution is 2.24. The fourth-order valence-electron chi connectivity index (χ4n) is 1.51. The second-order valence-electron chi connectivity index (χ2n) is 3.53. The Morgan fingerprint density at radius 3 is 2.75 bits per heavy atom. The molecule has 3 N–H and O–H groups in total. The lowest BCUT2D eigenvalue weighted by Crippen LogP contribution is -2.26. The van der Waals surface area contributed by atoms with Gasteiger partial charge < -0.3 is 5.11 Å². The molecule has 0 heterocycles.